The molecule has 0 fully saturated rings. The second-order valence-electron chi connectivity index (χ2n) is 6.46. The second kappa shape index (κ2) is 5.79. The highest BCUT2D eigenvalue weighted by Gasteiger charge is 2.37. The third-order valence-corrected chi connectivity index (χ3v) is 4.19. The van der Waals surface area contributed by atoms with Crippen molar-refractivity contribution in [1.29, 1.82) is 0 Å². The van der Waals surface area contributed by atoms with E-state index in [0.717, 1.165) is 17.9 Å². The van der Waals surface area contributed by atoms with E-state index >= 15 is 0 Å². The average molecular weight is 317 g/mol. The maximum absolute atomic E-state index is 12.8. The number of likely N-dealkylation sites (N-methyl/N-ethyl adjacent to an activating group) is 1. The summed E-state index contributed by atoms with van der Waals surface area (Å²) >= 11 is 0. The van der Waals surface area contributed by atoms with Crippen LogP contribution in [-0.4, -0.2) is 37.1 Å². The Bertz CT molecular complexity index is 731. The molecule has 0 saturated carbocycles. The van der Waals surface area contributed by atoms with Crippen molar-refractivity contribution in [3.63, 3.8) is 0 Å². The molecule has 0 unspecified atom stereocenters. The van der Waals surface area contributed by atoms with Crippen molar-refractivity contribution in [3.8, 4) is 11.6 Å². The summed E-state index contributed by atoms with van der Waals surface area (Å²) in [7, 11) is 0. The van der Waals surface area contributed by atoms with Gasteiger partial charge in [0.15, 0.2) is 17.5 Å². The fraction of sp³-hybridized carbons (Fsp3) is 0.625. The van der Waals surface area contributed by atoms with Crippen molar-refractivity contribution >= 4 is 5.91 Å². The fourth-order valence-electron chi connectivity index (χ4n) is 3.14. The van der Waals surface area contributed by atoms with Gasteiger partial charge in [-0.05, 0) is 26.2 Å². The second-order valence-corrected chi connectivity index (χ2v) is 6.46. The molecule has 23 heavy (non-hydrogen) atoms. The summed E-state index contributed by atoms with van der Waals surface area (Å²) in [6.45, 7) is 11.1. The summed E-state index contributed by atoms with van der Waals surface area (Å²) in [6, 6.07) is -0.284. The topological polar surface area (TPSA) is 77.1 Å². The van der Waals surface area contributed by atoms with Crippen LogP contribution in [0.4, 0.5) is 0 Å². The molecule has 1 amide bonds. The lowest BCUT2D eigenvalue weighted by atomic mass is 10.0. The quantitative estimate of drug-likeness (QED) is 0.866. The summed E-state index contributed by atoms with van der Waals surface area (Å²) < 4.78 is 7.65. The highest BCUT2D eigenvalue weighted by atomic mass is 16.4. The van der Waals surface area contributed by atoms with Crippen molar-refractivity contribution in [2.45, 2.75) is 53.6 Å². The van der Waals surface area contributed by atoms with Gasteiger partial charge in [-0.1, -0.05) is 13.8 Å². The molecular formula is C16H23N5O2. The van der Waals surface area contributed by atoms with Gasteiger partial charge in [-0.15, -0.1) is 10.2 Å². The Hall–Kier alpha value is -2.18. The fourth-order valence-corrected chi connectivity index (χ4v) is 3.14. The molecule has 1 aliphatic rings. The van der Waals surface area contributed by atoms with Crippen molar-refractivity contribution < 1.29 is 9.21 Å². The summed E-state index contributed by atoms with van der Waals surface area (Å²) in [6.07, 6.45) is 0.750. The van der Waals surface area contributed by atoms with Crippen LogP contribution in [-0.2, 0) is 11.3 Å². The number of aromatic nitrogens is 4. The SMILES string of the molecule is CCN1Cc2nnc(-c3oc(C)nc3C)n2[C@@H](CC(C)C)C1=O. The molecule has 2 aromatic rings. The Morgan fingerprint density at radius 1 is 1.30 bits per heavy atom. The molecule has 0 saturated heterocycles. The minimum atomic E-state index is -0.284. The van der Waals surface area contributed by atoms with E-state index in [1.54, 1.807) is 6.92 Å². The predicted octanol–water partition coefficient (Wildman–Crippen LogP) is 2.50. The van der Waals surface area contributed by atoms with E-state index in [-0.39, 0.29) is 11.9 Å². The number of hydrogen-bond donors (Lipinski definition) is 0. The van der Waals surface area contributed by atoms with E-state index in [0.29, 0.717) is 36.5 Å². The maximum Gasteiger partial charge on any atom is 0.246 e. The normalized spacial score (nSPS) is 17.9. The Balaban J connectivity index is 2.12. The molecule has 7 heteroatoms. The van der Waals surface area contributed by atoms with Crippen LogP contribution in [0.15, 0.2) is 4.42 Å². The molecular weight excluding hydrogens is 294 g/mol. The van der Waals surface area contributed by atoms with Crippen LogP contribution in [0.5, 0.6) is 0 Å². The smallest absolute Gasteiger partial charge is 0.246 e. The van der Waals surface area contributed by atoms with Crippen LogP contribution in [0.3, 0.4) is 0 Å². The number of rotatable bonds is 4. The summed E-state index contributed by atoms with van der Waals surface area (Å²) in [4.78, 5) is 19.0. The number of oxazole rings is 1. The number of aryl methyl sites for hydroxylation is 2. The molecule has 0 radical (unpaired) electrons. The van der Waals surface area contributed by atoms with E-state index in [1.165, 1.54) is 0 Å². The molecule has 2 aromatic heterocycles. The van der Waals surface area contributed by atoms with Crippen LogP contribution >= 0.6 is 0 Å². The third-order valence-electron chi connectivity index (χ3n) is 4.19. The zero-order valence-electron chi connectivity index (χ0n) is 14.3. The van der Waals surface area contributed by atoms with Gasteiger partial charge >= 0.3 is 0 Å². The zero-order valence-corrected chi connectivity index (χ0v) is 14.3. The van der Waals surface area contributed by atoms with Gasteiger partial charge in [0.05, 0.1) is 12.2 Å². The number of hydrogen-bond acceptors (Lipinski definition) is 5. The van der Waals surface area contributed by atoms with Gasteiger partial charge in [0.2, 0.25) is 11.7 Å². The van der Waals surface area contributed by atoms with Crippen molar-refractivity contribution in [1.82, 2.24) is 24.6 Å². The van der Waals surface area contributed by atoms with E-state index in [2.05, 4.69) is 29.0 Å². The molecule has 3 rings (SSSR count). The first-order valence-corrected chi connectivity index (χ1v) is 8.09. The lowest BCUT2D eigenvalue weighted by molar-refractivity contribution is -0.137. The molecule has 0 spiro atoms. The van der Waals surface area contributed by atoms with Gasteiger partial charge in [-0.3, -0.25) is 9.36 Å². The Labute approximate surface area is 135 Å². The summed E-state index contributed by atoms with van der Waals surface area (Å²) in [5, 5.41) is 8.61. The van der Waals surface area contributed by atoms with E-state index in [1.807, 2.05) is 23.3 Å². The molecule has 0 bridgehead atoms. The first-order valence-electron chi connectivity index (χ1n) is 8.09. The van der Waals surface area contributed by atoms with Gasteiger partial charge in [-0.2, -0.15) is 0 Å². The average Bonchev–Trinajstić information content (AvgIpc) is 3.04. The predicted molar refractivity (Wildman–Crippen MR) is 84.6 cm³/mol. The zero-order chi connectivity index (χ0) is 16.7. The van der Waals surface area contributed by atoms with Gasteiger partial charge in [-0.25, -0.2) is 4.98 Å². The van der Waals surface area contributed by atoms with Crippen LogP contribution in [0.25, 0.3) is 11.6 Å². The minimum Gasteiger partial charge on any atom is -0.437 e. The van der Waals surface area contributed by atoms with Gasteiger partial charge in [0.25, 0.3) is 0 Å². The molecule has 0 aromatic carbocycles. The monoisotopic (exact) mass is 317 g/mol. The molecule has 1 aliphatic heterocycles. The standard InChI is InChI=1S/C16H23N5O2/c1-6-20-8-13-18-19-15(14-10(4)17-11(5)23-14)21(13)12(16(20)22)7-9(2)3/h9,12H,6-8H2,1-5H3/t12-/m0/s1. The van der Waals surface area contributed by atoms with Crippen LogP contribution in [0, 0.1) is 19.8 Å². The summed E-state index contributed by atoms with van der Waals surface area (Å²) in [5.41, 5.74) is 0.770. The maximum atomic E-state index is 12.8. The molecule has 0 N–H and O–H groups in total. The largest absolute Gasteiger partial charge is 0.437 e. The molecule has 0 aliphatic carbocycles. The Morgan fingerprint density at radius 3 is 2.61 bits per heavy atom. The third kappa shape index (κ3) is 2.64. The van der Waals surface area contributed by atoms with Crippen molar-refractivity contribution in [2.24, 2.45) is 5.92 Å². The van der Waals surface area contributed by atoms with Crippen LogP contribution in [0.1, 0.15) is 50.6 Å². The van der Waals surface area contributed by atoms with E-state index in [9.17, 15) is 4.79 Å². The number of carbonyl (C=O) groups excluding carboxylic acids is 1. The highest BCUT2D eigenvalue weighted by Crippen LogP contribution is 2.33. The molecule has 3 heterocycles. The van der Waals surface area contributed by atoms with E-state index in [4.69, 9.17) is 4.42 Å². The lowest BCUT2D eigenvalue weighted by Gasteiger charge is -2.33. The summed E-state index contributed by atoms with van der Waals surface area (Å²) in [5.74, 6) is 3.12. The molecule has 1 atom stereocenters. The number of amides is 1. The van der Waals surface area contributed by atoms with Crippen LogP contribution < -0.4 is 0 Å². The first-order chi connectivity index (χ1) is 10.9. The minimum absolute atomic E-state index is 0.128. The molecule has 7 nitrogen and oxygen atoms in total. The lowest BCUT2D eigenvalue weighted by Crippen LogP contribution is -2.43. The number of fused-ring (bicyclic) bond motifs is 1. The number of nitrogens with zero attached hydrogens (tertiary/aromatic N) is 5. The van der Waals surface area contributed by atoms with Crippen LogP contribution in [0.2, 0.25) is 0 Å². The molecule has 124 valence electrons. The Kier molecular flexibility index (Phi) is 3.95. The van der Waals surface area contributed by atoms with Gasteiger partial charge < -0.3 is 9.32 Å². The first kappa shape index (κ1) is 15.7. The van der Waals surface area contributed by atoms with Gasteiger partial charge in [0, 0.05) is 13.5 Å². The van der Waals surface area contributed by atoms with E-state index < -0.39 is 0 Å². The number of carbonyl (C=O) groups is 1. The van der Waals surface area contributed by atoms with Gasteiger partial charge in [0.1, 0.15) is 6.04 Å². The van der Waals surface area contributed by atoms with Crippen molar-refractivity contribution in [3.05, 3.63) is 17.4 Å². The van der Waals surface area contributed by atoms with Crippen molar-refractivity contribution in [2.75, 3.05) is 6.54 Å². The Morgan fingerprint density at radius 2 is 2.04 bits per heavy atom. The highest BCUT2D eigenvalue weighted by molar-refractivity contribution is 5.82.